The summed E-state index contributed by atoms with van der Waals surface area (Å²) >= 11 is 0. The molecule has 0 fully saturated rings. The molecule has 0 aliphatic heterocycles. The predicted molar refractivity (Wildman–Crippen MR) is 69.4 cm³/mol. The fourth-order valence-corrected chi connectivity index (χ4v) is 1.75. The standard InChI is InChI=1S/C13H18N4O2/c1-18-7-3-5-11(14)13-16-12(17-19-13)8-10-4-2-6-15-9-10/h2,4,6,9,11H,3,5,7-8,14H2,1H3. The molecule has 2 aromatic rings. The highest BCUT2D eigenvalue weighted by molar-refractivity contribution is 5.13. The molecule has 0 spiro atoms. The first kappa shape index (κ1) is 13.6. The molecule has 0 aromatic carbocycles. The summed E-state index contributed by atoms with van der Waals surface area (Å²) in [5.74, 6) is 1.11. The molecule has 0 saturated carbocycles. The summed E-state index contributed by atoms with van der Waals surface area (Å²) in [6.45, 7) is 0.685. The summed E-state index contributed by atoms with van der Waals surface area (Å²) in [5.41, 5.74) is 7.02. The van der Waals surface area contributed by atoms with Gasteiger partial charge in [-0.3, -0.25) is 4.98 Å². The van der Waals surface area contributed by atoms with E-state index in [2.05, 4.69) is 15.1 Å². The van der Waals surface area contributed by atoms with Crippen molar-refractivity contribution in [3.8, 4) is 0 Å². The fourth-order valence-electron chi connectivity index (χ4n) is 1.75. The van der Waals surface area contributed by atoms with Gasteiger partial charge in [0.2, 0.25) is 5.89 Å². The summed E-state index contributed by atoms with van der Waals surface area (Å²) in [6, 6.07) is 3.62. The fraction of sp³-hybridized carbons (Fsp3) is 0.462. The minimum Gasteiger partial charge on any atom is -0.385 e. The maximum absolute atomic E-state index is 5.98. The highest BCUT2D eigenvalue weighted by Gasteiger charge is 2.14. The van der Waals surface area contributed by atoms with Gasteiger partial charge in [-0.05, 0) is 24.5 Å². The summed E-state index contributed by atoms with van der Waals surface area (Å²) in [6.07, 6.45) is 5.76. The van der Waals surface area contributed by atoms with Gasteiger partial charge in [0.1, 0.15) is 0 Å². The monoisotopic (exact) mass is 262 g/mol. The minimum atomic E-state index is -0.231. The van der Waals surface area contributed by atoms with Crippen molar-refractivity contribution < 1.29 is 9.26 Å². The van der Waals surface area contributed by atoms with E-state index in [4.69, 9.17) is 15.0 Å². The molecule has 0 bridgehead atoms. The highest BCUT2D eigenvalue weighted by Crippen LogP contribution is 2.14. The number of ether oxygens (including phenoxy) is 1. The van der Waals surface area contributed by atoms with E-state index in [1.54, 1.807) is 19.5 Å². The van der Waals surface area contributed by atoms with E-state index in [1.165, 1.54) is 0 Å². The van der Waals surface area contributed by atoms with Crippen LogP contribution in [0.15, 0.2) is 29.0 Å². The zero-order valence-corrected chi connectivity index (χ0v) is 11.0. The number of nitrogens with zero attached hydrogens (tertiary/aromatic N) is 3. The van der Waals surface area contributed by atoms with Crippen LogP contribution in [0.4, 0.5) is 0 Å². The summed E-state index contributed by atoms with van der Waals surface area (Å²) < 4.78 is 10.2. The van der Waals surface area contributed by atoms with Crippen molar-refractivity contribution in [2.24, 2.45) is 5.73 Å². The quantitative estimate of drug-likeness (QED) is 0.760. The maximum atomic E-state index is 5.98. The van der Waals surface area contributed by atoms with Gasteiger partial charge >= 0.3 is 0 Å². The van der Waals surface area contributed by atoms with Crippen molar-refractivity contribution in [2.45, 2.75) is 25.3 Å². The van der Waals surface area contributed by atoms with Crippen LogP contribution in [0.5, 0.6) is 0 Å². The van der Waals surface area contributed by atoms with Crippen LogP contribution in [-0.2, 0) is 11.2 Å². The first-order valence-electron chi connectivity index (χ1n) is 6.25. The molecule has 0 aliphatic rings. The number of methoxy groups -OCH3 is 1. The first-order valence-corrected chi connectivity index (χ1v) is 6.25. The van der Waals surface area contributed by atoms with Crippen molar-refractivity contribution in [1.29, 1.82) is 0 Å². The molecule has 2 aromatic heterocycles. The Hall–Kier alpha value is -1.79. The molecule has 2 heterocycles. The van der Waals surface area contributed by atoms with E-state index in [9.17, 15) is 0 Å². The van der Waals surface area contributed by atoms with Gasteiger partial charge in [0.25, 0.3) is 0 Å². The van der Waals surface area contributed by atoms with Crippen LogP contribution >= 0.6 is 0 Å². The van der Waals surface area contributed by atoms with Gasteiger partial charge in [0, 0.05) is 32.5 Å². The van der Waals surface area contributed by atoms with Crippen molar-refractivity contribution in [1.82, 2.24) is 15.1 Å². The van der Waals surface area contributed by atoms with E-state index in [0.29, 0.717) is 24.7 Å². The Balaban J connectivity index is 1.91. The molecule has 1 unspecified atom stereocenters. The second-order valence-corrected chi connectivity index (χ2v) is 4.33. The Labute approximate surface area is 112 Å². The van der Waals surface area contributed by atoms with E-state index < -0.39 is 0 Å². The zero-order chi connectivity index (χ0) is 13.5. The van der Waals surface area contributed by atoms with Gasteiger partial charge in [0.15, 0.2) is 5.82 Å². The van der Waals surface area contributed by atoms with Gasteiger partial charge < -0.3 is 15.0 Å². The maximum Gasteiger partial charge on any atom is 0.243 e. The minimum absolute atomic E-state index is 0.231. The number of hydrogen-bond acceptors (Lipinski definition) is 6. The average molecular weight is 262 g/mol. The van der Waals surface area contributed by atoms with Crippen LogP contribution in [0, 0.1) is 0 Å². The molecule has 0 radical (unpaired) electrons. The molecule has 102 valence electrons. The summed E-state index contributed by atoms with van der Waals surface area (Å²) in [7, 11) is 1.67. The SMILES string of the molecule is COCCCC(N)c1nc(Cc2cccnc2)no1. The van der Waals surface area contributed by atoms with Crippen molar-refractivity contribution >= 4 is 0 Å². The van der Waals surface area contributed by atoms with Crippen molar-refractivity contribution in [3.05, 3.63) is 41.8 Å². The van der Waals surface area contributed by atoms with E-state index in [1.807, 2.05) is 12.1 Å². The lowest BCUT2D eigenvalue weighted by Crippen LogP contribution is -2.11. The van der Waals surface area contributed by atoms with Crippen LogP contribution in [-0.4, -0.2) is 28.8 Å². The lowest BCUT2D eigenvalue weighted by molar-refractivity contribution is 0.188. The summed E-state index contributed by atoms with van der Waals surface area (Å²) in [4.78, 5) is 8.36. The molecule has 2 N–H and O–H groups in total. The second-order valence-electron chi connectivity index (χ2n) is 4.33. The van der Waals surface area contributed by atoms with E-state index in [-0.39, 0.29) is 6.04 Å². The Morgan fingerprint density at radius 1 is 1.47 bits per heavy atom. The normalized spacial score (nSPS) is 12.5. The molecule has 0 aliphatic carbocycles. The molecule has 2 rings (SSSR count). The van der Waals surface area contributed by atoms with Gasteiger partial charge in [-0.1, -0.05) is 11.2 Å². The molecule has 0 amide bonds. The highest BCUT2D eigenvalue weighted by atomic mass is 16.5. The lowest BCUT2D eigenvalue weighted by atomic mass is 10.2. The lowest BCUT2D eigenvalue weighted by Gasteiger charge is -2.04. The largest absolute Gasteiger partial charge is 0.385 e. The Bertz CT molecular complexity index is 486. The Morgan fingerprint density at radius 2 is 2.37 bits per heavy atom. The first-order chi connectivity index (χ1) is 9.29. The van der Waals surface area contributed by atoms with Gasteiger partial charge in [0.05, 0.1) is 6.04 Å². The molecular weight excluding hydrogens is 244 g/mol. The van der Waals surface area contributed by atoms with Gasteiger partial charge in [-0.25, -0.2) is 0 Å². The van der Waals surface area contributed by atoms with Crippen LogP contribution in [0.2, 0.25) is 0 Å². The molecule has 6 heteroatoms. The third kappa shape index (κ3) is 4.11. The van der Waals surface area contributed by atoms with Crippen LogP contribution in [0.1, 0.15) is 36.2 Å². The molecule has 0 saturated heterocycles. The molecule has 19 heavy (non-hydrogen) atoms. The van der Waals surface area contributed by atoms with Crippen LogP contribution in [0.3, 0.4) is 0 Å². The number of pyridine rings is 1. The van der Waals surface area contributed by atoms with E-state index >= 15 is 0 Å². The van der Waals surface area contributed by atoms with Gasteiger partial charge in [-0.15, -0.1) is 0 Å². The third-order valence-corrected chi connectivity index (χ3v) is 2.75. The Kier molecular flexibility index (Phi) is 5.00. The van der Waals surface area contributed by atoms with Gasteiger partial charge in [-0.2, -0.15) is 4.98 Å². The number of rotatable bonds is 7. The van der Waals surface area contributed by atoms with E-state index in [0.717, 1.165) is 18.4 Å². The van der Waals surface area contributed by atoms with Crippen LogP contribution in [0.25, 0.3) is 0 Å². The molecule has 6 nitrogen and oxygen atoms in total. The predicted octanol–water partition coefficient (Wildman–Crippen LogP) is 1.48. The smallest absolute Gasteiger partial charge is 0.243 e. The number of nitrogens with two attached hydrogens (primary N) is 1. The molecule has 1 atom stereocenters. The number of hydrogen-bond donors (Lipinski definition) is 1. The molecular formula is C13H18N4O2. The van der Waals surface area contributed by atoms with Crippen molar-refractivity contribution in [2.75, 3.05) is 13.7 Å². The number of aromatic nitrogens is 3. The topological polar surface area (TPSA) is 87.1 Å². The Morgan fingerprint density at radius 3 is 3.11 bits per heavy atom. The van der Waals surface area contributed by atoms with Crippen molar-refractivity contribution in [3.63, 3.8) is 0 Å². The zero-order valence-electron chi connectivity index (χ0n) is 11.0. The van der Waals surface area contributed by atoms with Crippen LogP contribution < -0.4 is 5.73 Å². The summed E-state index contributed by atoms with van der Waals surface area (Å²) in [5, 5.41) is 3.94. The second kappa shape index (κ2) is 6.96. The third-order valence-electron chi connectivity index (χ3n) is 2.75. The average Bonchev–Trinajstić information content (AvgIpc) is 2.89.